The number of aliphatic carboxylic acids is 1. The molecular formula is C16H22N2O3. The van der Waals surface area contributed by atoms with Crippen LogP contribution in [0.15, 0.2) is 30.3 Å². The Morgan fingerprint density at radius 2 is 1.90 bits per heavy atom. The lowest BCUT2D eigenvalue weighted by Gasteiger charge is -2.29. The van der Waals surface area contributed by atoms with Crippen molar-refractivity contribution in [1.82, 2.24) is 5.32 Å². The molecule has 1 amide bonds. The molecule has 5 nitrogen and oxygen atoms in total. The summed E-state index contributed by atoms with van der Waals surface area (Å²) in [6.45, 7) is 1.56. The minimum absolute atomic E-state index is 0.105. The zero-order valence-electron chi connectivity index (χ0n) is 12.3. The average Bonchev–Trinajstić information content (AvgIpc) is 2.97. The highest BCUT2D eigenvalue weighted by molar-refractivity contribution is 5.87. The fourth-order valence-electron chi connectivity index (χ4n) is 2.75. The molecule has 0 aromatic heterocycles. The lowest BCUT2D eigenvalue weighted by molar-refractivity contribution is -0.135. The Morgan fingerprint density at radius 3 is 2.48 bits per heavy atom. The molecule has 1 fully saturated rings. The van der Waals surface area contributed by atoms with Crippen LogP contribution in [0.4, 0.5) is 5.69 Å². The maximum atomic E-state index is 12.3. The molecule has 0 bridgehead atoms. The zero-order valence-corrected chi connectivity index (χ0v) is 12.3. The van der Waals surface area contributed by atoms with Crippen LogP contribution >= 0.6 is 0 Å². The SMILES string of the molecule is CC(C(=O)NC1CCCC1)N(CC(=O)O)c1ccccc1. The number of carbonyl (C=O) groups excluding carboxylic acids is 1. The fourth-order valence-corrected chi connectivity index (χ4v) is 2.75. The highest BCUT2D eigenvalue weighted by Gasteiger charge is 2.26. The van der Waals surface area contributed by atoms with E-state index >= 15 is 0 Å². The monoisotopic (exact) mass is 290 g/mol. The van der Waals surface area contributed by atoms with Gasteiger partial charge >= 0.3 is 5.97 Å². The number of carbonyl (C=O) groups is 2. The van der Waals surface area contributed by atoms with Crippen LogP contribution in [-0.2, 0) is 9.59 Å². The van der Waals surface area contributed by atoms with Crippen molar-refractivity contribution in [1.29, 1.82) is 0 Å². The van der Waals surface area contributed by atoms with Gasteiger partial charge in [0.2, 0.25) is 5.91 Å². The second-order valence-corrected chi connectivity index (χ2v) is 5.52. The van der Waals surface area contributed by atoms with E-state index in [9.17, 15) is 9.59 Å². The number of rotatable bonds is 6. The Morgan fingerprint density at radius 1 is 1.29 bits per heavy atom. The summed E-state index contributed by atoms with van der Waals surface area (Å²) in [4.78, 5) is 25.0. The van der Waals surface area contributed by atoms with Crippen LogP contribution in [0.5, 0.6) is 0 Å². The second kappa shape index (κ2) is 7.11. The highest BCUT2D eigenvalue weighted by atomic mass is 16.4. The molecule has 1 aliphatic rings. The minimum atomic E-state index is -0.945. The van der Waals surface area contributed by atoms with Crippen LogP contribution in [0.3, 0.4) is 0 Å². The summed E-state index contributed by atoms with van der Waals surface area (Å²) in [6.07, 6.45) is 4.33. The number of amides is 1. The Hall–Kier alpha value is -2.04. The first-order valence-electron chi connectivity index (χ1n) is 7.42. The highest BCUT2D eigenvalue weighted by Crippen LogP contribution is 2.20. The fraction of sp³-hybridized carbons (Fsp3) is 0.500. The van der Waals surface area contributed by atoms with Gasteiger partial charge in [-0.25, -0.2) is 0 Å². The number of nitrogens with one attached hydrogen (secondary N) is 1. The smallest absolute Gasteiger partial charge is 0.323 e. The first-order chi connectivity index (χ1) is 10.1. The van der Waals surface area contributed by atoms with Crippen molar-refractivity contribution >= 4 is 17.6 Å². The summed E-state index contributed by atoms with van der Waals surface area (Å²) >= 11 is 0. The molecule has 1 aromatic rings. The van der Waals surface area contributed by atoms with Crippen molar-refractivity contribution in [2.75, 3.05) is 11.4 Å². The van der Waals surface area contributed by atoms with E-state index in [0.29, 0.717) is 0 Å². The lowest BCUT2D eigenvalue weighted by atomic mass is 10.1. The van der Waals surface area contributed by atoms with E-state index in [1.807, 2.05) is 30.3 Å². The molecule has 0 spiro atoms. The predicted molar refractivity (Wildman–Crippen MR) is 81.3 cm³/mol. The molecule has 1 unspecified atom stereocenters. The van der Waals surface area contributed by atoms with Gasteiger partial charge in [-0.3, -0.25) is 9.59 Å². The van der Waals surface area contributed by atoms with E-state index in [4.69, 9.17) is 5.11 Å². The number of para-hydroxylation sites is 1. The van der Waals surface area contributed by atoms with Crippen LogP contribution in [0.2, 0.25) is 0 Å². The average molecular weight is 290 g/mol. The van der Waals surface area contributed by atoms with Gasteiger partial charge in [0.1, 0.15) is 12.6 Å². The van der Waals surface area contributed by atoms with E-state index in [2.05, 4.69) is 5.32 Å². The quantitative estimate of drug-likeness (QED) is 0.841. The molecule has 1 aromatic carbocycles. The summed E-state index contributed by atoms with van der Waals surface area (Å²) in [5.74, 6) is -1.05. The molecule has 0 aliphatic heterocycles. The first-order valence-corrected chi connectivity index (χ1v) is 7.42. The first kappa shape index (κ1) is 15.4. The predicted octanol–water partition coefficient (Wildman–Crippen LogP) is 2.02. The number of carboxylic acids is 1. The third-order valence-electron chi connectivity index (χ3n) is 3.94. The van der Waals surface area contributed by atoms with Gasteiger partial charge in [-0.1, -0.05) is 31.0 Å². The van der Waals surface area contributed by atoms with Gasteiger partial charge in [0.05, 0.1) is 0 Å². The lowest BCUT2D eigenvalue weighted by Crippen LogP contribution is -2.49. The van der Waals surface area contributed by atoms with Crippen molar-refractivity contribution in [2.45, 2.75) is 44.7 Å². The number of hydrogen-bond donors (Lipinski definition) is 2. The van der Waals surface area contributed by atoms with Crippen molar-refractivity contribution in [3.8, 4) is 0 Å². The molecule has 0 radical (unpaired) electrons. The van der Waals surface area contributed by atoms with Crippen LogP contribution in [-0.4, -0.2) is 35.6 Å². The number of carboxylic acid groups (broad SMARTS) is 1. The maximum Gasteiger partial charge on any atom is 0.323 e. The van der Waals surface area contributed by atoms with Crippen molar-refractivity contribution < 1.29 is 14.7 Å². The second-order valence-electron chi connectivity index (χ2n) is 5.52. The largest absolute Gasteiger partial charge is 0.480 e. The van der Waals surface area contributed by atoms with Crippen molar-refractivity contribution in [3.63, 3.8) is 0 Å². The standard InChI is InChI=1S/C16H22N2O3/c1-12(16(21)17-13-7-5-6-8-13)18(11-15(19)20)14-9-3-2-4-10-14/h2-4,9-10,12-13H,5-8,11H2,1H3,(H,17,21)(H,19,20). The van der Waals surface area contributed by atoms with Crippen LogP contribution in [0.25, 0.3) is 0 Å². The normalized spacial score (nSPS) is 16.4. The Bertz CT molecular complexity index is 484. The summed E-state index contributed by atoms with van der Waals surface area (Å²) in [6, 6.07) is 8.92. The number of benzene rings is 1. The van der Waals surface area contributed by atoms with Crippen LogP contribution in [0.1, 0.15) is 32.6 Å². The number of anilines is 1. The topological polar surface area (TPSA) is 69.6 Å². The van der Waals surface area contributed by atoms with Gasteiger partial charge in [0.15, 0.2) is 0 Å². The number of nitrogens with zero attached hydrogens (tertiary/aromatic N) is 1. The van der Waals surface area contributed by atoms with Gasteiger partial charge in [0.25, 0.3) is 0 Å². The van der Waals surface area contributed by atoms with Crippen LogP contribution in [0, 0.1) is 0 Å². The number of hydrogen-bond acceptors (Lipinski definition) is 3. The minimum Gasteiger partial charge on any atom is -0.480 e. The van der Waals surface area contributed by atoms with Crippen molar-refractivity contribution in [2.24, 2.45) is 0 Å². The van der Waals surface area contributed by atoms with Gasteiger partial charge in [-0.2, -0.15) is 0 Å². The molecular weight excluding hydrogens is 268 g/mol. The van der Waals surface area contributed by atoms with E-state index in [1.54, 1.807) is 11.8 Å². The third kappa shape index (κ3) is 4.21. The molecule has 0 saturated heterocycles. The van der Waals surface area contributed by atoms with Gasteiger partial charge in [-0.15, -0.1) is 0 Å². The Labute approximate surface area is 125 Å². The van der Waals surface area contributed by atoms with Crippen molar-refractivity contribution in [3.05, 3.63) is 30.3 Å². The van der Waals surface area contributed by atoms with Gasteiger partial charge in [-0.05, 0) is 31.9 Å². The molecule has 0 heterocycles. The van der Waals surface area contributed by atoms with E-state index in [0.717, 1.165) is 31.4 Å². The Balaban J connectivity index is 2.07. The van der Waals surface area contributed by atoms with Gasteiger partial charge < -0.3 is 15.3 Å². The maximum absolute atomic E-state index is 12.3. The molecule has 1 atom stereocenters. The summed E-state index contributed by atoms with van der Waals surface area (Å²) < 4.78 is 0. The summed E-state index contributed by atoms with van der Waals surface area (Å²) in [5.41, 5.74) is 0.744. The van der Waals surface area contributed by atoms with E-state index in [1.165, 1.54) is 0 Å². The summed E-state index contributed by atoms with van der Waals surface area (Å²) in [5, 5.41) is 12.1. The van der Waals surface area contributed by atoms with E-state index in [-0.39, 0.29) is 18.5 Å². The molecule has 1 aliphatic carbocycles. The third-order valence-corrected chi connectivity index (χ3v) is 3.94. The van der Waals surface area contributed by atoms with Crippen LogP contribution < -0.4 is 10.2 Å². The zero-order chi connectivity index (χ0) is 15.2. The van der Waals surface area contributed by atoms with Gasteiger partial charge in [0, 0.05) is 11.7 Å². The molecule has 21 heavy (non-hydrogen) atoms. The molecule has 2 N–H and O–H groups in total. The molecule has 5 heteroatoms. The molecule has 2 rings (SSSR count). The van der Waals surface area contributed by atoms with E-state index < -0.39 is 12.0 Å². The molecule has 1 saturated carbocycles. The molecule has 114 valence electrons. The summed E-state index contributed by atoms with van der Waals surface area (Å²) in [7, 11) is 0. The Kier molecular flexibility index (Phi) is 5.20.